The highest BCUT2D eigenvalue weighted by Gasteiger charge is 2.23. The molecule has 1 atom stereocenters. The summed E-state index contributed by atoms with van der Waals surface area (Å²) in [5, 5.41) is 13.4. The van der Waals surface area contributed by atoms with E-state index in [1.165, 1.54) is 17.5 Å². The SMILES string of the molecule is Nc1ccc(CC(=O)NC(C(=O)O)c2cccs2)nc1. The number of nitrogens with two attached hydrogens (primary N) is 1. The molecule has 7 heteroatoms. The van der Waals surface area contributed by atoms with Crippen LogP contribution in [0, 0.1) is 0 Å². The fraction of sp³-hybridized carbons (Fsp3) is 0.154. The van der Waals surface area contributed by atoms with Crippen LogP contribution in [0.2, 0.25) is 0 Å². The van der Waals surface area contributed by atoms with Gasteiger partial charge in [0.2, 0.25) is 5.91 Å². The number of rotatable bonds is 5. The van der Waals surface area contributed by atoms with Gasteiger partial charge < -0.3 is 16.2 Å². The monoisotopic (exact) mass is 291 g/mol. The molecule has 0 radical (unpaired) electrons. The molecule has 0 saturated heterocycles. The van der Waals surface area contributed by atoms with Crippen molar-refractivity contribution in [3.8, 4) is 0 Å². The number of nitrogens with one attached hydrogen (secondary N) is 1. The smallest absolute Gasteiger partial charge is 0.331 e. The number of carboxylic acids is 1. The molecular formula is C13H13N3O3S. The van der Waals surface area contributed by atoms with E-state index in [1.54, 1.807) is 29.6 Å². The van der Waals surface area contributed by atoms with Gasteiger partial charge in [-0.25, -0.2) is 4.79 Å². The second kappa shape index (κ2) is 6.16. The Balaban J connectivity index is 2.02. The van der Waals surface area contributed by atoms with Crippen LogP contribution >= 0.6 is 11.3 Å². The van der Waals surface area contributed by atoms with Crippen LogP contribution in [0.4, 0.5) is 5.69 Å². The summed E-state index contributed by atoms with van der Waals surface area (Å²) in [6, 6.07) is 5.66. The Morgan fingerprint density at radius 3 is 2.75 bits per heavy atom. The minimum Gasteiger partial charge on any atom is -0.479 e. The fourth-order valence-electron chi connectivity index (χ4n) is 1.63. The first-order chi connectivity index (χ1) is 9.56. The average Bonchev–Trinajstić information content (AvgIpc) is 2.92. The van der Waals surface area contributed by atoms with E-state index in [0.717, 1.165) is 0 Å². The van der Waals surface area contributed by atoms with Gasteiger partial charge >= 0.3 is 5.97 Å². The molecule has 4 N–H and O–H groups in total. The second-order valence-electron chi connectivity index (χ2n) is 4.11. The summed E-state index contributed by atoms with van der Waals surface area (Å²) < 4.78 is 0. The summed E-state index contributed by atoms with van der Waals surface area (Å²) in [5.41, 5.74) is 6.55. The molecule has 0 aromatic carbocycles. The maximum atomic E-state index is 11.9. The van der Waals surface area contributed by atoms with Gasteiger partial charge in [-0.3, -0.25) is 9.78 Å². The molecule has 2 rings (SSSR count). The van der Waals surface area contributed by atoms with Crippen LogP contribution in [0.1, 0.15) is 16.6 Å². The van der Waals surface area contributed by atoms with Crippen molar-refractivity contribution in [2.75, 3.05) is 5.73 Å². The maximum absolute atomic E-state index is 11.9. The summed E-state index contributed by atoms with van der Waals surface area (Å²) in [5.74, 6) is -1.49. The van der Waals surface area contributed by atoms with Crippen molar-refractivity contribution < 1.29 is 14.7 Å². The lowest BCUT2D eigenvalue weighted by atomic mass is 10.2. The number of aromatic nitrogens is 1. The number of anilines is 1. The van der Waals surface area contributed by atoms with Crippen molar-refractivity contribution in [3.05, 3.63) is 46.4 Å². The lowest BCUT2D eigenvalue weighted by Gasteiger charge is -2.12. The molecule has 0 spiro atoms. The highest BCUT2D eigenvalue weighted by Crippen LogP contribution is 2.19. The minimum absolute atomic E-state index is 0.00936. The van der Waals surface area contributed by atoms with Crippen LogP contribution < -0.4 is 11.1 Å². The predicted octanol–water partition coefficient (Wildman–Crippen LogP) is 1.21. The summed E-state index contributed by atoms with van der Waals surface area (Å²) >= 11 is 1.28. The zero-order valence-corrected chi connectivity index (χ0v) is 11.3. The Morgan fingerprint density at radius 2 is 2.20 bits per heavy atom. The quantitative estimate of drug-likeness (QED) is 0.768. The lowest BCUT2D eigenvalue weighted by molar-refractivity contribution is -0.141. The number of hydrogen-bond acceptors (Lipinski definition) is 5. The standard InChI is InChI=1S/C13H13N3O3S/c14-8-3-4-9(15-7-8)6-11(17)16-12(13(18)19)10-2-1-5-20-10/h1-5,7,12H,6,14H2,(H,16,17)(H,18,19). The van der Waals surface area contributed by atoms with Crippen molar-refractivity contribution in [3.63, 3.8) is 0 Å². The van der Waals surface area contributed by atoms with E-state index in [9.17, 15) is 9.59 Å². The zero-order chi connectivity index (χ0) is 14.5. The molecule has 0 saturated carbocycles. The summed E-state index contributed by atoms with van der Waals surface area (Å²) in [4.78, 5) is 27.6. The summed E-state index contributed by atoms with van der Waals surface area (Å²) in [6.45, 7) is 0. The van der Waals surface area contributed by atoms with Gasteiger partial charge in [-0.15, -0.1) is 11.3 Å². The molecule has 0 bridgehead atoms. The van der Waals surface area contributed by atoms with Crippen LogP contribution in [0.25, 0.3) is 0 Å². The predicted molar refractivity (Wildman–Crippen MR) is 75.2 cm³/mol. The Morgan fingerprint density at radius 1 is 1.40 bits per heavy atom. The number of carboxylic acid groups (broad SMARTS) is 1. The second-order valence-corrected chi connectivity index (χ2v) is 5.09. The average molecular weight is 291 g/mol. The zero-order valence-electron chi connectivity index (χ0n) is 10.4. The van der Waals surface area contributed by atoms with E-state index in [-0.39, 0.29) is 6.42 Å². The van der Waals surface area contributed by atoms with Crippen LogP contribution in [-0.4, -0.2) is 22.0 Å². The number of hydrogen-bond donors (Lipinski definition) is 3. The molecule has 6 nitrogen and oxygen atoms in total. The third-order valence-electron chi connectivity index (χ3n) is 2.57. The number of thiophene rings is 1. The van der Waals surface area contributed by atoms with Crippen LogP contribution in [0.3, 0.4) is 0 Å². The molecule has 20 heavy (non-hydrogen) atoms. The van der Waals surface area contributed by atoms with Crippen molar-refractivity contribution in [2.45, 2.75) is 12.5 Å². The van der Waals surface area contributed by atoms with E-state index in [1.807, 2.05) is 0 Å². The van der Waals surface area contributed by atoms with Gasteiger partial charge in [0, 0.05) is 10.6 Å². The van der Waals surface area contributed by atoms with Gasteiger partial charge in [0.1, 0.15) is 0 Å². The molecule has 2 aromatic heterocycles. The van der Waals surface area contributed by atoms with Crippen molar-refractivity contribution in [2.24, 2.45) is 0 Å². The Bertz CT molecular complexity index is 596. The van der Waals surface area contributed by atoms with Crippen LogP contribution in [-0.2, 0) is 16.0 Å². The number of pyridine rings is 1. The molecule has 104 valence electrons. The lowest BCUT2D eigenvalue weighted by Crippen LogP contribution is -2.34. The largest absolute Gasteiger partial charge is 0.479 e. The minimum atomic E-state index is -1.09. The third kappa shape index (κ3) is 3.55. The number of nitrogen functional groups attached to an aromatic ring is 1. The first-order valence-corrected chi connectivity index (χ1v) is 6.70. The van der Waals surface area contributed by atoms with E-state index in [0.29, 0.717) is 16.3 Å². The molecule has 2 aromatic rings. The summed E-state index contributed by atoms with van der Waals surface area (Å²) in [7, 11) is 0. The Hall–Kier alpha value is -2.41. The van der Waals surface area contributed by atoms with Crippen molar-refractivity contribution in [1.82, 2.24) is 10.3 Å². The summed E-state index contributed by atoms with van der Waals surface area (Å²) in [6.07, 6.45) is 1.46. The molecule has 2 heterocycles. The first-order valence-electron chi connectivity index (χ1n) is 5.82. The van der Waals surface area contributed by atoms with E-state index < -0.39 is 17.9 Å². The number of carbonyl (C=O) groups excluding carboxylic acids is 1. The molecule has 0 fully saturated rings. The van der Waals surface area contributed by atoms with Gasteiger partial charge in [-0.2, -0.15) is 0 Å². The van der Waals surface area contributed by atoms with E-state index in [2.05, 4.69) is 10.3 Å². The van der Waals surface area contributed by atoms with E-state index in [4.69, 9.17) is 10.8 Å². The molecule has 1 amide bonds. The van der Waals surface area contributed by atoms with Gasteiger partial charge in [-0.05, 0) is 23.6 Å². The first kappa shape index (κ1) is 14.0. The van der Waals surface area contributed by atoms with Crippen molar-refractivity contribution in [1.29, 1.82) is 0 Å². The number of nitrogens with zero attached hydrogens (tertiary/aromatic N) is 1. The molecular weight excluding hydrogens is 278 g/mol. The fourth-order valence-corrected chi connectivity index (χ4v) is 2.39. The number of carbonyl (C=O) groups is 2. The molecule has 0 aliphatic carbocycles. The molecule has 0 aliphatic heterocycles. The van der Waals surface area contributed by atoms with Gasteiger partial charge in [0.25, 0.3) is 0 Å². The van der Waals surface area contributed by atoms with Gasteiger partial charge in [-0.1, -0.05) is 6.07 Å². The molecule has 0 aliphatic rings. The van der Waals surface area contributed by atoms with E-state index >= 15 is 0 Å². The highest BCUT2D eigenvalue weighted by molar-refractivity contribution is 7.10. The van der Waals surface area contributed by atoms with Crippen LogP contribution in [0.15, 0.2) is 35.8 Å². The van der Waals surface area contributed by atoms with Crippen molar-refractivity contribution >= 4 is 28.9 Å². The maximum Gasteiger partial charge on any atom is 0.331 e. The Labute approximate surface area is 119 Å². The molecule has 1 unspecified atom stereocenters. The van der Waals surface area contributed by atoms with Gasteiger partial charge in [0.15, 0.2) is 6.04 Å². The topological polar surface area (TPSA) is 105 Å². The normalized spacial score (nSPS) is 11.8. The van der Waals surface area contributed by atoms with Crippen LogP contribution in [0.5, 0.6) is 0 Å². The number of amides is 1. The Kier molecular flexibility index (Phi) is 4.31. The highest BCUT2D eigenvalue weighted by atomic mass is 32.1. The third-order valence-corrected chi connectivity index (χ3v) is 3.51. The number of aliphatic carboxylic acids is 1. The van der Waals surface area contributed by atoms with Gasteiger partial charge in [0.05, 0.1) is 18.3 Å².